The fraction of sp³-hybridized carbons (Fsp3) is 0.250. The Balaban J connectivity index is 2.56. The molecule has 13 heavy (non-hydrogen) atoms. The zero-order valence-electron chi connectivity index (χ0n) is 7.11. The van der Waals surface area contributed by atoms with Crippen molar-refractivity contribution in [2.75, 3.05) is 0 Å². The Labute approximate surface area is 74.9 Å². The Kier molecular flexibility index (Phi) is 2.69. The van der Waals surface area contributed by atoms with E-state index in [-0.39, 0.29) is 5.76 Å². The van der Waals surface area contributed by atoms with Gasteiger partial charge in [-0.05, 0) is 19.1 Å². The van der Waals surface area contributed by atoms with Crippen molar-refractivity contribution in [2.24, 2.45) is 5.73 Å². The quantitative estimate of drug-likeness (QED) is 0.683. The summed E-state index contributed by atoms with van der Waals surface area (Å²) < 4.78 is 4.81. The first-order valence-electron chi connectivity index (χ1n) is 3.75. The Morgan fingerprint density at radius 3 is 2.77 bits per heavy atom. The van der Waals surface area contributed by atoms with Crippen LogP contribution in [0.2, 0.25) is 0 Å². The lowest BCUT2D eigenvalue weighted by Crippen LogP contribution is -2.42. The number of rotatable bonds is 3. The Hall–Kier alpha value is -1.78. The van der Waals surface area contributed by atoms with E-state index in [1.165, 1.54) is 19.3 Å². The molecule has 0 aliphatic rings. The van der Waals surface area contributed by atoms with Crippen LogP contribution in [-0.4, -0.2) is 17.9 Å². The number of nitrogens with two attached hydrogens (primary N) is 1. The Morgan fingerprint density at radius 2 is 2.31 bits per heavy atom. The highest BCUT2D eigenvalue weighted by Gasteiger charge is 2.14. The molecule has 0 radical (unpaired) electrons. The van der Waals surface area contributed by atoms with E-state index in [2.05, 4.69) is 5.32 Å². The summed E-state index contributed by atoms with van der Waals surface area (Å²) >= 11 is 0. The van der Waals surface area contributed by atoms with Gasteiger partial charge in [0.25, 0.3) is 5.91 Å². The minimum Gasteiger partial charge on any atom is -0.459 e. The second-order valence-corrected chi connectivity index (χ2v) is 2.57. The Bertz CT molecular complexity index is 305. The highest BCUT2D eigenvalue weighted by molar-refractivity contribution is 5.94. The maximum absolute atomic E-state index is 11.2. The topological polar surface area (TPSA) is 85.3 Å². The van der Waals surface area contributed by atoms with Crippen molar-refractivity contribution in [3.05, 3.63) is 24.2 Å². The van der Waals surface area contributed by atoms with Gasteiger partial charge in [0, 0.05) is 0 Å². The SMILES string of the molecule is CC(NC(=O)c1ccco1)C(N)=O. The van der Waals surface area contributed by atoms with Crippen LogP contribution in [-0.2, 0) is 4.79 Å². The highest BCUT2D eigenvalue weighted by atomic mass is 16.3. The molecule has 1 aromatic heterocycles. The van der Waals surface area contributed by atoms with Crippen LogP contribution in [0.25, 0.3) is 0 Å². The summed E-state index contributed by atoms with van der Waals surface area (Å²) in [5.74, 6) is -0.871. The predicted octanol–water partition coefficient (Wildman–Crippen LogP) is -0.117. The van der Waals surface area contributed by atoms with Crippen molar-refractivity contribution in [2.45, 2.75) is 13.0 Å². The molecule has 1 atom stereocenters. The molecule has 0 saturated carbocycles. The number of carbonyl (C=O) groups excluding carboxylic acids is 2. The molecule has 1 heterocycles. The summed E-state index contributed by atoms with van der Waals surface area (Å²) in [7, 11) is 0. The zero-order valence-corrected chi connectivity index (χ0v) is 7.11. The van der Waals surface area contributed by atoms with Gasteiger partial charge in [-0.25, -0.2) is 0 Å². The van der Waals surface area contributed by atoms with E-state index < -0.39 is 17.9 Å². The van der Waals surface area contributed by atoms with Gasteiger partial charge in [0.05, 0.1) is 6.26 Å². The number of furan rings is 1. The van der Waals surface area contributed by atoms with E-state index in [1.807, 2.05) is 0 Å². The third-order valence-electron chi connectivity index (χ3n) is 1.52. The molecule has 70 valence electrons. The summed E-state index contributed by atoms with van der Waals surface area (Å²) in [6.07, 6.45) is 1.38. The lowest BCUT2D eigenvalue weighted by molar-refractivity contribution is -0.119. The standard InChI is InChI=1S/C8H10N2O3/c1-5(7(9)11)10-8(12)6-3-2-4-13-6/h2-5H,1H3,(H2,9,11)(H,10,12). The lowest BCUT2D eigenvalue weighted by Gasteiger charge is -2.07. The van der Waals surface area contributed by atoms with Crippen LogP contribution in [0.1, 0.15) is 17.5 Å². The number of primary amides is 1. The summed E-state index contributed by atoms with van der Waals surface area (Å²) in [6, 6.07) is 2.39. The van der Waals surface area contributed by atoms with Gasteiger partial charge in [0.2, 0.25) is 5.91 Å². The van der Waals surface area contributed by atoms with Crippen LogP contribution in [0.3, 0.4) is 0 Å². The molecular formula is C8H10N2O3. The average molecular weight is 182 g/mol. The summed E-state index contributed by atoms with van der Waals surface area (Å²) in [5, 5.41) is 2.37. The molecule has 0 fully saturated rings. The fourth-order valence-electron chi connectivity index (χ4n) is 0.747. The molecule has 5 heteroatoms. The zero-order chi connectivity index (χ0) is 9.84. The maximum Gasteiger partial charge on any atom is 0.287 e. The molecule has 0 saturated heterocycles. The van der Waals surface area contributed by atoms with Crippen LogP contribution < -0.4 is 11.1 Å². The van der Waals surface area contributed by atoms with Gasteiger partial charge in [-0.3, -0.25) is 9.59 Å². The van der Waals surface area contributed by atoms with Gasteiger partial charge in [-0.1, -0.05) is 0 Å². The molecular weight excluding hydrogens is 172 g/mol. The van der Waals surface area contributed by atoms with Crippen LogP contribution in [0.4, 0.5) is 0 Å². The molecule has 5 nitrogen and oxygen atoms in total. The second-order valence-electron chi connectivity index (χ2n) is 2.57. The van der Waals surface area contributed by atoms with Crippen LogP contribution in [0.5, 0.6) is 0 Å². The predicted molar refractivity (Wildman–Crippen MR) is 44.8 cm³/mol. The van der Waals surface area contributed by atoms with E-state index in [1.54, 1.807) is 6.07 Å². The van der Waals surface area contributed by atoms with Crippen LogP contribution in [0.15, 0.2) is 22.8 Å². The van der Waals surface area contributed by atoms with Crippen molar-refractivity contribution >= 4 is 11.8 Å². The number of hydrogen-bond donors (Lipinski definition) is 2. The number of nitrogens with one attached hydrogen (secondary N) is 1. The van der Waals surface area contributed by atoms with E-state index in [0.29, 0.717) is 0 Å². The van der Waals surface area contributed by atoms with Crippen molar-refractivity contribution < 1.29 is 14.0 Å². The van der Waals surface area contributed by atoms with E-state index in [4.69, 9.17) is 10.2 Å². The molecule has 2 amide bonds. The maximum atomic E-state index is 11.2. The van der Waals surface area contributed by atoms with E-state index in [0.717, 1.165) is 0 Å². The van der Waals surface area contributed by atoms with Gasteiger partial charge in [-0.15, -0.1) is 0 Å². The van der Waals surface area contributed by atoms with E-state index >= 15 is 0 Å². The van der Waals surface area contributed by atoms with Gasteiger partial charge in [0.15, 0.2) is 5.76 Å². The van der Waals surface area contributed by atoms with Gasteiger partial charge in [0.1, 0.15) is 6.04 Å². The van der Waals surface area contributed by atoms with E-state index in [9.17, 15) is 9.59 Å². The van der Waals surface area contributed by atoms with Crippen molar-refractivity contribution in [1.29, 1.82) is 0 Å². The molecule has 0 aliphatic heterocycles. The second kappa shape index (κ2) is 3.75. The monoisotopic (exact) mass is 182 g/mol. The first kappa shape index (κ1) is 9.31. The summed E-state index contributed by atoms with van der Waals surface area (Å²) in [4.78, 5) is 21.8. The van der Waals surface area contributed by atoms with Crippen LogP contribution >= 0.6 is 0 Å². The molecule has 0 spiro atoms. The molecule has 0 bridgehead atoms. The average Bonchev–Trinajstić information content (AvgIpc) is 2.55. The van der Waals surface area contributed by atoms with Gasteiger partial charge >= 0.3 is 0 Å². The number of amides is 2. The minimum atomic E-state index is -0.697. The van der Waals surface area contributed by atoms with Crippen molar-refractivity contribution in [3.8, 4) is 0 Å². The van der Waals surface area contributed by atoms with Gasteiger partial charge in [-0.2, -0.15) is 0 Å². The highest BCUT2D eigenvalue weighted by Crippen LogP contribution is 1.99. The van der Waals surface area contributed by atoms with Crippen LogP contribution in [0, 0.1) is 0 Å². The molecule has 1 rings (SSSR count). The molecule has 0 aliphatic carbocycles. The molecule has 0 aromatic carbocycles. The first-order valence-corrected chi connectivity index (χ1v) is 3.75. The molecule has 3 N–H and O–H groups in total. The summed E-state index contributed by atoms with van der Waals surface area (Å²) in [5.41, 5.74) is 4.95. The smallest absolute Gasteiger partial charge is 0.287 e. The molecule has 1 aromatic rings. The molecule has 1 unspecified atom stereocenters. The van der Waals surface area contributed by atoms with Crippen molar-refractivity contribution in [3.63, 3.8) is 0 Å². The third kappa shape index (κ3) is 2.33. The first-order chi connectivity index (χ1) is 6.11. The normalized spacial score (nSPS) is 12.1. The fourth-order valence-corrected chi connectivity index (χ4v) is 0.747. The third-order valence-corrected chi connectivity index (χ3v) is 1.52. The number of carbonyl (C=O) groups is 2. The largest absolute Gasteiger partial charge is 0.459 e. The van der Waals surface area contributed by atoms with Gasteiger partial charge < -0.3 is 15.5 Å². The van der Waals surface area contributed by atoms with Crippen molar-refractivity contribution in [1.82, 2.24) is 5.32 Å². The minimum absolute atomic E-state index is 0.160. The lowest BCUT2D eigenvalue weighted by atomic mass is 10.3. The summed E-state index contributed by atoms with van der Waals surface area (Å²) in [6.45, 7) is 1.50. The Morgan fingerprint density at radius 1 is 1.62 bits per heavy atom. The number of hydrogen-bond acceptors (Lipinski definition) is 3.